The molecule has 0 saturated heterocycles. The van der Waals surface area contributed by atoms with Gasteiger partial charge in [-0.05, 0) is 56.5 Å². The predicted octanol–water partition coefficient (Wildman–Crippen LogP) is 3.35. The topological polar surface area (TPSA) is 55.4 Å². The van der Waals surface area contributed by atoms with Gasteiger partial charge in [-0.3, -0.25) is 4.79 Å². The molecular formula is C20H22FNO3. The standard InChI is InChI=1S/C20H22FNO3/c1-13-4-5-14(2)18(12-13)20(24)25-15(3)19(23)22-11-10-16-6-8-17(21)9-7-16/h4-9,12,15H,10-11H2,1-3H3,(H,22,23)/t15-/m1/s1. The first-order chi connectivity index (χ1) is 11.9. The second kappa shape index (κ2) is 8.42. The lowest BCUT2D eigenvalue weighted by molar-refractivity contribution is -0.129. The van der Waals surface area contributed by atoms with E-state index >= 15 is 0 Å². The van der Waals surface area contributed by atoms with E-state index in [1.165, 1.54) is 19.1 Å². The highest BCUT2D eigenvalue weighted by atomic mass is 19.1. The Balaban J connectivity index is 1.84. The number of hydrogen-bond donors (Lipinski definition) is 1. The molecule has 0 unspecified atom stereocenters. The normalized spacial score (nSPS) is 11.7. The molecule has 0 aromatic heterocycles. The number of benzene rings is 2. The number of carbonyl (C=O) groups is 2. The van der Waals surface area contributed by atoms with E-state index in [1.807, 2.05) is 26.0 Å². The SMILES string of the molecule is Cc1ccc(C)c(C(=O)O[C@H](C)C(=O)NCCc2ccc(F)cc2)c1. The van der Waals surface area contributed by atoms with E-state index in [1.54, 1.807) is 18.2 Å². The summed E-state index contributed by atoms with van der Waals surface area (Å²) in [5, 5.41) is 2.72. The van der Waals surface area contributed by atoms with Crippen LogP contribution in [0.2, 0.25) is 0 Å². The van der Waals surface area contributed by atoms with Crippen LogP contribution in [0.1, 0.15) is 34.0 Å². The molecule has 0 aliphatic heterocycles. The minimum Gasteiger partial charge on any atom is -0.449 e. The molecule has 0 bridgehead atoms. The van der Waals surface area contributed by atoms with Gasteiger partial charge in [0.05, 0.1) is 5.56 Å². The lowest BCUT2D eigenvalue weighted by atomic mass is 10.1. The number of ether oxygens (including phenoxy) is 1. The maximum absolute atomic E-state index is 12.8. The summed E-state index contributed by atoms with van der Waals surface area (Å²) in [5.74, 6) is -1.16. The number of amides is 1. The molecule has 2 aromatic rings. The van der Waals surface area contributed by atoms with Gasteiger partial charge in [-0.15, -0.1) is 0 Å². The van der Waals surface area contributed by atoms with Crippen molar-refractivity contribution in [3.63, 3.8) is 0 Å². The summed E-state index contributed by atoms with van der Waals surface area (Å²) in [7, 11) is 0. The zero-order valence-corrected chi connectivity index (χ0v) is 14.6. The third-order valence-corrected chi connectivity index (χ3v) is 3.89. The molecular weight excluding hydrogens is 321 g/mol. The van der Waals surface area contributed by atoms with E-state index in [-0.39, 0.29) is 11.7 Å². The fourth-order valence-electron chi connectivity index (χ4n) is 2.36. The van der Waals surface area contributed by atoms with E-state index in [0.717, 1.165) is 16.7 Å². The molecule has 1 N–H and O–H groups in total. The van der Waals surface area contributed by atoms with Crippen LogP contribution in [0.25, 0.3) is 0 Å². The van der Waals surface area contributed by atoms with Crippen molar-refractivity contribution in [3.05, 3.63) is 70.5 Å². The smallest absolute Gasteiger partial charge is 0.339 e. The first-order valence-corrected chi connectivity index (χ1v) is 8.17. The molecule has 0 saturated carbocycles. The average molecular weight is 343 g/mol. The van der Waals surface area contributed by atoms with Gasteiger partial charge in [-0.2, -0.15) is 0 Å². The van der Waals surface area contributed by atoms with Crippen LogP contribution in [-0.2, 0) is 16.0 Å². The van der Waals surface area contributed by atoms with Crippen LogP contribution in [0.4, 0.5) is 4.39 Å². The van der Waals surface area contributed by atoms with Crippen LogP contribution in [0.3, 0.4) is 0 Å². The Bertz CT molecular complexity index is 756. The Hall–Kier alpha value is -2.69. The highest BCUT2D eigenvalue weighted by Crippen LogP contribution is 2.13. The van der Waals surface area contributed by atoms with Gasteiger partial charge in [0.2, 0.25) is 0 Å². The number of esters is 1. The van der Waals surface area contributed by atoms with Gasteiger partial charge in [-0.25, -0.2) is 9.18 Å². The van der Waals surface area contributed by atoms with Crippen LogP contribution in [0, 0.1) is 19.7 Å². The molecule has 2 rings (SSSR count). The molecule has 1 atom stereocenters. The van der Waals surface area contributed by atoms with Gasteiger partial charge < -0.3 is 10.1 Å². The second-order valence-electron chi connectivity index (χ2n) is 6.03. The van der Waals surface area contributed by atoms with E-state index in [2.05, 4.69) is 5.32 Å². The largest absolute Gasteiger partial charge is 0.449 e. The van der Waals surface area contributed by atoms with Gasteiger partial charge in [0.25, 0.3) is 5.91 Å². The van der Waals surface area contributed by atoms with Gasteiger partial charge >= 0.3 is 5.97 Å². The maximum atomic E-state index is 12.8. The molecule has 4 nitrogen and oxygen atoms in total. The van der Waals surface area contributed by atoms with Crippen molar-refractivity contribution in [3.8, 4) is 0 Å². The van der Waals surface area contributed by atoms with Crippen molar-refractivity contribution in [2.45, 2.75) is 33.3 Å². The molecule has 132 valence electrons. The van der Waals surface area contributed by atoms with Gasteiger partial charge in [0.1, 0.15) is 5.82 Å². The Morgan fingerprint density at radius 1 is 1.12 bits per heavy atom. The molecule has 2 aromatic carbocycles. The second-order valence-corrected chi connectivity index (χ2v) is 6.03. The molecule has 0 aliphatic carbocycles. The summed E-state index contributed by atoms with van der Waals surface area (Å²) in [4.78, 5) is 24.3. The van der Waals surface area contributed by atoms with E-state index in [4.69, 9.17) is 4.74 Å². The fourth-order valence-corrected chi connectivity index (χ4v) is 2.36. The number of aryl methyl sites for hydroxylation is 2. The first kappa shape index (κ1) is 18.6. The number of hydrogen-bond acceptors (Lipinski definition) is 3. The van der Waals surface area contributed by atoms with Crippen LogP contribution < -0.4 is 5.32 Å². The van der Waals surface area contributed by atoms with E-state index in [0.29, 0.717) is 18.5 Å². The summed E-state index contributed by atoms with van der Waals surface area (Å²) in [6.07, 6.45) is -0.315. The number of nitrogens with one attached hydrogen (secondary N) is 1. The van der Waals surface area contributed by atoms with Crippen LogP contribution in [0.5, 0.6) is 0 Å². The van der Waals surface area contributed by atoms with E-state index in [9.17, 15) is 14.0 Å². The first-order valence-electron chi connectivity index (χ1n) is 8.17. The van der Waals surface area contributed by atoms with Gasteiger partial charge in [0, 0.05) is 6.54 Å². The summed E-state index contributed by atoms with van der Waals surface area (Å²) in [6, 6.07) is 11.6. The molecule has 0 fully saturated rings. The van der Waals surface area contributed by atoms with Gasteiger partial charge in [0.15, 0.2) is 6.10 Å². The van der Waals surface area contributed by atoms with Crippen molar-refractivity contribution in [1.29, 1.82) is 0 Å². The van der Waals surface area contributed by atoms with Gasteiger partial charge in [-0.1, -0.05) is 29.8 Å². The summed E-state index contributed by atoms with van der Waals surface area (Å²) in [6.45, 7) is 5.64. The Kier molecular flexibility index (Phi) is 6.28. The zero-order chi connectivity index (χ0) is 18.4. The predicted molar refractivity (Wildman–Crippen MR) is 93.9 cm³/mol. The molecule has 0 radical (unpaired) electrons. The van der Waals surface area contributed by atoms with Crippen molar-refractivity contribution < 1.29 is 18.7 Å². The quantitative estimate of drug-likeness (QED) is 0.819. The molecule has 0 heterocycles. The minimum absolute atomic E-state index is 0.292. The molecule has 5 heteroatoms. The zero-order valence-electron chi connectivity index (χ0n) is 14.6. The molecule has 0 spiro atoms. The fraction of sp³-hybridized carbons (Fsp3) is 0.300. The summed E-state index contributed by atoms with van der Waals surface area (Å²) in [5.41, 5.74) is 3.14. The van der Waals surface area contributed by atoms with Crippen molar-refractivity contribution >= 4 is 11.9 Å². The van der Waals surface area contributed by atoms with Crippen LogP contribution in [-0.4, -0.2) is 24.5 Å². The van der Waals surface area contributed by atoms with E-state index < -0.39 is 12.1 Å². The van der Waals surface area contributed by atoms with Crippen molar-refractivity contribution in [1.82, 2.24) is 5.32 Å². The lowest BCUT2D eigenvalue weighted by Crippen LogP contribution is -2.37. The number of rotatable bonds is 6. The van der Waals surface area contributed by atoms with Crippen LogP contribution in [0.15, 0.2) is 42.5 Å². The summed E-state index contributed by atoms with van der Waals surface area (Å²) >= 11 is 0. The molecule has 25 heavy (non-hydrogen) atoms. The monoisotopic (exact) mass is 343 g/mol. The molecule has 0 aliphatic rings. The highest BCUT2D eigenvalue weighted by molar-refractivity contribution is 5.93. The van der Waals surface area contributed by atoms with Crippen molar-refractivity contribution in [2.24, 2.45) is 0 Å². The molecule has 1 amide bonds. The lowest BCUT2D eigenvalue weighted by Gasteiger charge is -2.14. The Labute approximate surface area is 147 Å². The third-order valence-electron chi connectivity index (χ3n) is 3.89. The number of carbonyl (C=O) groups excluding carboxylic acids is 2. The summed E-state index contributed by atoms with van der Waals surface area (Å²) < 4.78 is 18.1. The number of halogens is 1. The highest BCUT2D eigenvalue weighted by Gasteiger charge is 2.19. The van der Waals surface area contributed by atoms with Crippen molar-refractivity contribution in [2.75, 3.05) is 6.54 Å². The average Bonchev–Trinajstić information content (AvgIpc) is 2.58. The van der Waals surface area contributed by atoms with Crippen LogP contribution >= 0.6 is 0 Å². The third kappa shape index (κ3) is 5.41. The Morgan fingerprint density at radius 3 is 2.48 bits per heavy atom. The maximum Gasteiger partial charge on any atom is 0.339 e. The minimum atomic E-state index is -0.888. The Morgan fingerprint density at radius 2 is 1.80 bits per heavy atom.